The van der Waals surface area contributed by atoms with E-state index in [0.717, 1.165) is 19.8 Å². The van der Waals surface area contributed by atoms with Gasteiger partial charge in [0.1, 0.15) is 29.7 Å². The minimum absolute atomic E-state index is 0.166. The molecule has 1 aliphatic rings. The lowest BCUT2D eigenvalue weighted by Gasteiger charge is -2.33. The van der Waals surface area contributed by atoms with Gasteiger partial charge in [-0.05, 0) is 44.6 Å². The molecule has 1 fully saturated rings. The summed E-state index contributed by atoms with van der Waals surface area (Å²) >= 11 is 0. The Hall–Kier alpha value is -3.25. The molecule has 0 spiro atoms. The lowest BCUT2D eigenvalue weighted by atomic mass is 9.89. The van der Waals surface area contributed by atoms with Crippen molar-refractivity contribution in [3.05, 3.63) is 47.9 Å². The van der Waals surface area contributed by atoms with Crippen molar-refractivity contribution in [1.82, 2.24) is 19.8 Å². The maximum Gasteiger partial charge on any atom is 0.407 e. The predicted molar refractivity (Wildman–Crippen MR) is 208 cm³/mol. The van der Waals surface area contributed by atoms with Gasteiger partial charge in [0.2, 0.25) is 11.8 Å². The van der Waals surface area contributed by atoms with Gasteiger partial charge in [0, 0.05) is 43.9 Å². The number of aliphatic carboxylic acids is 1. The van der Waals surface area contributed by atoms with Gasteiger partial charge in [-0.15, -0.1) is 0 Å². The molecule has 4 atom stereocenters. The van der Waals surface area contributed by atoms with Gasteiger partial charge in [-0.25, -0.2) is 13.3 Å². The molecule has 3 unspecified atom stereocenters. The molecule has 12 heteroatoms. The van der Waals surface area contributed by atoms with E-state index in [1.54, 1.807) is 23.5 Å². The van der Waals surface area contributed by atoms with E-state index in [0.29, 0.717) is 24.4 Å². The third kappa shape index (κ3) is 24.8. The molecule has 0 aromatic rings. The molecule has 0 aromatic carbocycles. The molecule has 0 aliphatic carbocycles. The van der Waals surface area contributed by atoms with Gasteiger partial charge in [-0.1, -0.05) is 112 Å². The summed E-state index contributed by atoms with van der Waals surface area (Å²) in [5.74, 6) is -1.12. The maximum atomic E-state index is 13.0. The van der Waals surface area contributed by atoms with Crippen molar-refractivity contribution in [2.24, 2.45) is 11.3 Å². The van der Waals surface area contributed by atoms with E-state index in [4.69, 9.17) is 14.6 Å². The molecule has 11 nitrogen and oxygen atoms in total. The Balaban J connectivity index is -0.00000252. The largest absolute Gasteiger partial charge is 0.481 e. The smallest absolute Gasteiger partial charge is 0.407 e. The van der Waals surface area contributed by atoms with Gasteiger partial charge in [-0.2, -0.15) is 0 Å². The van der Waals surface area contributed by atoms with E-state index in [1.165, 1.54) is 24.2 Å². The fourth-order valence-corrected chi connectivity index (χ4v) is 5.23. The molecule has 1 heterocycles. The second kappa shape index (κ2) is 30.6. The first-order valence-electron chi connectivity index (χ1n) is 18.0. The average Bonchev–Trinajstić information content (AvgIpc) is 3.57. The van der Waals surface area contributed by atoms with E-state index in [9.17, 15) is 18.6 Å². The standard InChI is InChI=1S/C32H54N4O5S.C2H4O2.2C2H6/c1-9-11-13-14-16-18-25(3)22-33-30(38)27-20-17-21-36(27)29(37)23-34-31(39)41-28(32(5,6)7)24-35(8)42(40)26(4)19-15-12-10-2;1-2(3)4;2*1-2/h10,12,15-16,18-19,25,27-28H,4,9,11,13-14,17,20-24H2,1-3,5-8H3,(H,33,38)(H,34,39);1H3,(H,3,4);2*1-2H3/b12-10-,18-16-,19-15-;;;/t25?,27-,28?,42?;;;/m0.../s1. The number of ether oxygens (including phenoxy) is 1. The topological polar surface area (TPSA) is 145 Å². The highest BCUT2D eigenvalue weighted by Crippen LogP contribution is 2.24. The van der Waals surface area contributed by atoms with Gasteiger partial charge in [0.15, 0.2) is 0 Å². The Morgan fingerprint density at radius 2 is 1.70 bits per heavy atom. The molecule has 1 saturated heterocycles. The highest BCUT2D eigenvalue weighted by atomic mass is 32.2. The van der Waals surface area contributed by atoms with Crippen LogP contribution < -0.4 is 10.6 Å². The van der Waals surface area contributed by atoms with Crippen LogP contribution in [0.1, 0.15) is 115 Å². The summed E-state index contributed by atoms with van der Waals surface area (Å²) in [5.41, 5.74) is -0.456. The lowest BCUT2D eigenvalue weighted by molar-refractivity contribution is -0.137. The SMILES string of the molecule is C=C(/C=C\C=C/C)S(=O)N(C)CC(OC(=O)NCC(=O)N1CCC[C@H]1C(=O)NCC(C)/C=C\CCCCC)C(C)(C)C.CC.CC.CC(=O)O. The van der Waals surface area contributed by atoms with Crippen molar-refractivity contribution < 1.29 is 33.2 Å². The van der Waals surface area contributed by atoms with Crippen LogP contribution in [0.2, 0.25) is 0 Å². The number of rotatable bonds is 17. The van der Waals surface area contributed by atoms with E-state index >= 15 is 0 Å². The predicted octanol–water partition coefficient (Wildman–Crippen LogP) is 7.39. The zero-order chi connectivity index (χ0) is 39.3. The van der Waals surface area contributed by atoms with Gasteiger partial charge >= 0.3 is 6.09 Å². The fourth-order valence-electron chi connectivity index (χ4n) is 4.37. The van der Waals surface area contributed by atoms with Gasteiger partial charge in [0.25, 0.3) is 5.97 Å². The van der Waals surface area contributed by atoms with Crippen molar-refractivity contribution in [3.63, 3.8) is 0 Å². The summed E-state index contributed by atoms with van der Waals surface area (Å²) in [7, 11) is 0.169. The summed E-state index contributed by atoms with van der Waals surface area (Å²) in [4.78, 5) is 49.5. The Labute approximate surface area is 306 Å². The molecule has 1 aliphatic heterocycles. The molecule has 0 aromatic heterocycles. The molecule has 50 heavy (non-hydrogen) atoms. The number of likely N-dealkylation sites (tertiary alicyclic amines) is 1. The molecule has 0 bridgehead atoms. The summed E-state index contributed by atoms with van der Waals surface area (Å²) in [6.45, 7) is 25.7. The summed E-state index contributed by atoms with van der Waals surface area (Å²) in [6, 6.07) is -0.544. The monoisotopic (exact) mass is 726 g/mol. The molecule has 0 saturated carbocycles. The molecule has 1 rings (SSSR count). The number of carbonyl (C=O) groups is 4. The molecular weight excluding hydrogens is 657 g/mol. The van der Waals surface area contributed by atoms with Crippen molar-refractivity contribution in [1.29, 1.82) is 0 Å². The first-order valence-corrected chi connectivity index (χ1v) is 19.1. The number of nitrogens with one attached hydrogen (secondary N) is 2. The van der Waals surface area contributed by atoms with Crippen LogP contribution in [0.3, 0.4) is 0 Å². The van der Waals surface area contributed by atoms with Crippen molar-refractivity contribution in [3.8, 4) is 0 Å². The maximum absolute atomic E-state index is 13.0. The normalized spacial score (nSPS) is 15.9. The number of allylic oxidation sites excluding steroid dienone is 5. The van der Waals surface area contributed by atoms with Crippen molar-refractivity contribution in [2.45, 2.75) is 127 Å². The number of unbranched alkanes of at least 4 members (excludes halogenated alkanes) is 3. The number of hydrogen-bond donors (Lipinski definition) is 3. The van der Waals surface area contributed by atoms with E-state index < -0.39 is 40.6 Å². The second-order valence-corrected chi connectivity index (χ2v) is 14.1. The Kier molecular flexibility index (Phi) is 31.2. The summed E-state index contributed by atoms with van der Waals surface area (Å²) in [5, 5.41) is 12.9. The zero-order valence-electron chi connectivity index (χ0n) is 33.2. The van der Waals surface area contributed by atoms with Crippen LogP contribution in [0.4, 0.5) is 4.79 Å². The van der Waals surface area contributed by atoms with Gasteiger partial charge < -0.3 is 25.4 Å². The minimum atomic E-state index is -1.51. The molecular formula is C38H70N4O7S. The van der Waals surface area contributed by atoms with Crippen LogP contribution in [-0.4, -0.2) is 87.8 Å². The van der Waals surface area contributed by atoms with Crippen molar-refractivity contribution in [2.75, 3.05) is 33.2 Å². The number of carbonyl (C=O) groups excluding carboxylic acids is 3. The number of carboxylic acid groups (broad SMARTS) is 1. The number of amides is 3. The number of alkyl carbamates (subject to hydrolysis) is 1. The van der Waals surface area contributed by atoms with Crippen LogP contribution in [0, 0.1) is 11.3 Å². The lowest BCUT2D eigenvalue weighted by Crippen LogP contribution is -2.50. The molecule has 0 radical (unpaired) electrons. The average molecular weight is 727 g/mol. The van der Waals surface area contributed by atoms with Crippen LogP contribution in [0.5, 0.6) is 0 Å². The van der Waals surface area contributed by atoms with E-state index in [-0.39, 0.29) is 30.8 Å². The zero-order valence-corrected chi connectivity index (χ0v) is 34.0. The molecule has 3 N–H and O–H groups in total. The highest BCUT2D eigenvalue weighted by Gasteiger charge is 2.35. The van der Waals surface area contributed by atoms with Crippen LogP contribution in [-0.2, 0) is 30.1 Å². The number of likely N-dealkylation sites (N-methyl/N-ethyl adjacent to an activating group) is 1. The third-order valence-electron chi connectivity index (χ3n) is 7.03. The van der Waals surface area contributed by atoms with Crippen LogP contribution >= 0.6 is 0 Å². The van der Waals surface area contributed by atoms with Crippen molar-refractivity contribution >= 4 is 34.9 Å². The highest BCUT2D eigenvalue weighted by molar-refractivity contribution is 7.86. The molecule has 3 amide bonds. The van der Waals surface area contributed by atoms with Gasteiger partial charge in [-0.3, -0.25) is 14.4 Å². The van der Waals surface area contributed by atoms with E-state index in [2.05, 4.69) is 43.2 Å². The Morgan fingerprint density at radius 1 is 1.10 bits per heavy atom. The number of carboxylic acids is 1. The number of hydrogen-bond acceptors (Lipinski definition) is 6. The second-order valence-electron chi connectivity index (χ2n) is 12.4. The first kappa shape index (κ1) is 51.1. The molecule has 290 valence electrons. The number of nitrogens with zero attached hydrogens (tertiary/aromatic N) is 2. The van der Waals surface area contributed by atoms with Crippen LogP contribution in [0.25, 0.3) is 0 Å². The Morgan fingerprint density at radius 3 is 2.24 bits per heavy atom. The first-order chi connectivity index (χ1) is 23.5. The summed E-state index contributed by atoms with van der Waals surface area (Å²) < 4.78 is 20.1. The van der Waals surface area contributed by atoms with Crippen LogP contribution in [0.15, 0.2) is 47.9 Å². The Bertz CT molecular complexity index is 1100. The summed E-state index contributed by atoms with van der Waals surface area (Å²) in [6.07, 6.45) is 16.0. The third-order valence-corrected chi connectivity index (χ3v) is 8.33. The van der Waals surface area contributed by atoms with Gasteiger partial charge in [0.05, 0.1) is 0 Å². The minimum Gasteiger partial charge on any atom is -0.481 e. The van der Waals surface area contributed by atoms with E-state index in [1.807, 2.05) is 67.5 Å². The fraction of sp³-hybridized carbons (Fsp3) is 0.684. The quantitative estimate of drug-likeness (QED) is 0.0805.